The van der Waals surface area contributed by atoms with E-state index in [1.54, 1.807) is 14.2 Å². The lowest BCUT2D eigenvalue weighted by Crippen LogP contribution is -2.49. The van der Waals surface area contributed by atoms with Gasteiger partial charge in [0.05, 0.1) is 14.2 Å². The Morgan fingerprint density at radius 2 is 1.83 bits per heavy atom. The van der Waals surface area contributed by atoms with E-state index in [1.165, 1.54) is 0 Å². The molecule has 0 aromatic heterocycles. The molecular formula is C19H22N2O3. The molecule has 5 heteroatoms. The molecule has 0 fully saturated rings. The first-order valence-corrected chi connectivity index (χ1v) is 7.95. The van der Waals surface area contributed by atoms with Crippen LogP contribution in [0.15, 0.2) is 42.5 Å². The zero-order valence-electron chi connectivity index (χ0n) is 14.0. The monoisotopic (exact) mass is 326 g/mol. The third-order valence-electron chi connectivity index (χ3n) is 4.64. The van der Waals surface area contributed by atoms with Crippen LogP contribution in [0.3, 0.4) is 0 Å². The van der Waals surface area contributed by atoms with Crippen LogP contribution in [0, 0.1) is 0 Å². The van der Waals surface area contributed by atoms with Gasteiger partial charge in [0.1, 0.15) is 17.0 Å². The quantitative estimate of drug-likeness (QED) is 0.883. The number of hydrogen-bond donors (Lipinski definition) is 2. The van der Waals surface area contributed by atoms with Crippen molar-refractivity contribution in [3.8, 4) is 11.5 Å². The molecule has 24 heavy (non-hydrogen) atoms. The van der Waals surface area contributed by atoms with Crippen LogP contribution in [0.2, 0.25) is 0 Å². The minimum atomic E-state index is -1.02. The van der Waals surface area contributed by atoms with Gasteiger partial charge in [-0.2, -0.15) is 0 Å². The normalized spacial score (nSPS) is 18.8. The SMILES string of the molecule is COc1ccccc1CNC(=O)C1(N)CCc2c(OC)cccc21. The Morgan fingerprint density at radius 1 is 1.12 bits per heavy atom. The van der Waals surface area contributed by atoms with Gasteiger partial charge in [0.15, 0.2) is 0 Å². The van der Waals surface area contributed by atoms with Crippen LogP contribution < -0.4 is 20.5 Å². The number of amides is 1. The van der Waals surface area contributed by atoms with E-state index < -0.39 is 5.54 Å². The fraction of sp³-hybridized carbons (Fsp3) is 0.316. The smallest absolute Gasteiger partial charge is 0.244 e. The molecule has 1 aliphatic carbocycles. The van der Waals surface area contributed by atoms with Crippen LogP contribution in [0.5, 0.6) is 11.5 Å². The first-order chi connectivity index (χ1) is 11.6. The van der Waals surface area contributed by atoms with Crippen LogP contribution >= 0.6 is 0 Å². The fourth-order valence-corrected chi connectivity index (χ4v) is 3.31. The molecule has 0 saturated carbocycles. The number of nitrogens with two attached hydrogens (primary N) is 1. The van der Waals surface area contributed by atoms with Crippen molar-refractivity contribution in [2.24, 2.45) is 5.73 Å². The summed E-state index contributed by atoms with van der Waals surface area (Å²) in [6.07, 6.45) is 1.30. The van der Waals surface area contributed by atoms with Gasteiger partial charge in [-0.3, -0.25) is 4.79 Å². The van der Waals surface area contributed by atoms with E-state index in [1.807, 2.05) is 42.5 Å². The maximum Gasteiger partial charge on any atom is 0.244 e. The zero-order chi connectivity index (χ0) is 17.2. The molecule has 1 atom stereocenters. The number of benzene rings is 2. The van der Waals surface area contributed by atoms with Gasteiger partial charge < -0.3 is 20.5 Å². The molecule has 2 aromatic carbocycles. The van der Waals surface area contributed by atoms with Crippen molar-refractivity contribution >= 4 is 5.91 Å². The number of methoxy groups -OCH3 is 2. The number of nitrogens with one attached hydrogen (secondary N) is 1. The van der Waals surface area contributed by atoms with Crippen molar-refractivity contribution in [2.75, 3.05) is 14.2 Å². The van der Waals surface area contributed by atoms with E-state index in [0.29, 0.717) is 13.0 Å². The highest BCUT2D eigenvalue weighted by atomic mass is 16.5. The molecule has 126 valence electrons. The third-order valence-corrected chi connectivity index (χ3v) is 4.64. The molecular weight excluding hydrogens is 304 g/mol. The van der Waals surface area contributed by atoms with Crippen LogP contribution in [0.1, 0.15) is 23.1 Å². The van der Waals surface area contributed by atoms with Gasteiger partial charge in [0.25, 0.3) is 0 Å². The fourth-order valence-electron chi connectivity index (χ4n) is 3.31. The number of fused-ring (bicyclic) bond motifs is 1. The van der Waals surface area contributed by atoms with Gasteiger partial charge in [-0.05, 0) is 36.1 Å². The highest BCUT2D eigenvalue weighted by Gasteiger charge is 2.42. The van der Waals surface area contributed by atoms with Crippen molar-refractivity contribution < 1.29 is 14.3 Å². The number of rotatable bonds is 5. The van der Waals surface area contributed by atoms with E-state index in [2.05, 4.69) is 5.32 Å². The molecule has 0 aliphatic heterocycles. The molecule has 0 heterocycles. The lowest BCUT2D eigenvalue weighted by molar-refractivity contribution is -0.126. The lowest BCUT2D eigenvalue weighted by Gasteiger charge is -2.24. The molecule has 1 aliphatic rings. The molecule has 1 amide bonds. The predicted molar refractivity (Wildman–Crippen MR) is 92.0 cm³/mol. The molecule has 2 aromatic rings. The van der Waals surface area contributed by atoms with Gasteiger partial charge in [-0.25, -0.2) is 0 Å². The Balaban J connectivity index is 1.79. The average Bonchev–Trinajstić information content (AvgIpc) is 2.98. The van der Waals surface area contributed by atoms with Gasteiger partial charge in [0, 0.05) is 12.1 Å². The van der Waals surface area contributed by atoms with Crippen LogP contribution in [-0.2, 0) is 23.3 Å². The van der Waals surface area contributed by atoms with Crippen molar-refractivity contribution in [3.63, 3.8) is 0 Å². The van der Waals surface area contributed by atoms with Crippen molar-refractivity contribution in [2.45, 2.75) is 24.9 Å². The highest BCUT2D eigenvalue weighted by molar-refractivity contribution is 5.89. The molecule has 0 radical (unpaired) electrons. The second-order valence-electron chi connectivity index (χ2n) is 5.95. The Hall–Kier alpha value is -2.53. The summed E-state index contributed by atoms with van der Waals surface area (Å²) in [4.78, 5) is 12.8. The van der Waals surface area contributed by atoms with Crippen LogP contribution in [-0.4, -0.2) is 20.1 Å². The van der Waals surface area contributed by atoms with E-state index in [4.69, 9.17) is 15.2 Å². The first kappa shape index (κ1) is 16.3. The van der Waals surface area contributed by atoms with Crippen molar-refractivity contribution in [1.82, 2.24) is 5.32 Å². The molecule has 0 saturated heterocycles. The Kier molecular flexibility index (Phi) is 4.44. The van der Waals surface area contributed by atoms with E-state index in [9.17, 15) is 4.79 Å². The summed E-state index contributed by atoms with van der Waals surface area (Å²) in [5.74, 6) is 1.36. The predicted octanol–water partition coefficient (Wildman–Crippen LogP) is 2.12. The number of para-hydroxylation sites is 1. The number of carbonyl (C=O) groups is 1. The first-order valence-electron chi connectivity index (χ1n) is 7.95. The summed E-state index contributed by atoms with van der Waals surface area (Å²) in [5.41, 5.74) is 8.24. The largest absolute Gasteiger partial charge is 0.496 e. The van der Waals surface area contributed by atoms with Crippen LogP contribution in [0.25, 0.3) is 0 Å². The third kappa shape index (κ3) is 2.71. The number of hydrogen-bond acceptors (Lipinski definition) is 4. The Morgan fingerprint density at radius 3 is 2.58 bits per heavy atom. The molecule has 1 unspecified atom stereocenters. The average molecular weight is 326 g/mol. The minimum absolute atomic E-state index is 0.180. The maximum absolute atomic E-state index is 12.8. The number of carbonyl (C=O) groups excluding carboxylic acids is 1. The number of ether oxygens (including phenoxy) is 2. The van der Waals surface area contributed by atoms with Crippen LogP contribution in [0.4, 0.5) is 0 Å². The Labute approximate surface area is 141 Å². The summed E-state index contributed by atoms with van der Waals surface area (Å²) in [5, 5.41) is 2.95. The van der Waals surface area contributed by atoms with Gasteiger partial charge in [0.2, 0.25) is 5.91 Å². The zero-order valence-corrected chi connectivity index (χ0v) is 14.0. The molecule has 0 bridgehead atoms. The van der Waals surface area contributed by atoms with E-state index >= 15 is 0 Å². The maximum atomic E-state index is 12.8. The van der Waals surface area contributed by atoms with Gasteiger partial charge in [-0.15, -0.1) is 0 Å². The van der Waals surface area contributed by atoms with Gasteiger partial charge in [-0.1, -0.05) is 30.3 Å². The summed E-state index contributed by atoms with van der Waals surface area (Å²) in [6.45, 7) is 0.376. The van der Waals surface area contributed by atoms with Gasteiger partial charge >= 0.3 is 0 Å². The Bertz CT molecular complexity index is 760. The summed E-state index contributed by atoms with van der Waals surface area (Å²) >= 11 is 0. The minimum Gasteiger partial charge on any atom is -0.496 e. The van der Waals surface area contributed by atoms with E-state index in [0.717, 1.165) is 34.6 Å². The topological polar surface area (TPSA) is 73.6 Å². The van der Waals surface area contributed by atoms with Crippen molar-refractivity contribution in [3.05, 3.63) is 59.2 Å². The standard InChI is InChI=1S/C19H22N2O3/c1-23-16-8-4-3-6-13(16)12-21-18(22)19(20)11-10-14-15(19)7-5-9-17(14)24-2/h3-9H,10-12,20H2,1-2H3,(H,21,22). The van der Waals surface area contributed by atoms with E-state index in [-0.39, 0.29) is 5.91 Å². The molecule has 3 rings (SSSR count). The summed E-state index contributed by atoms with van der Waals surface area (Å²) < 4.78 is 10.7. The van der Waals surface area contributed by atoms with Crippen molar-refractivity contribution in [1.29, 1.82) is 0 Å². The lowest BCUT2D eigenvalue weighted by atomic mass is 9.91. The second-order valence-corrected chi connectivity index (χ2v) is 5.95. The molecule has 5 nitrogen and oxygen atoms in total. The summed E-state index contributed by atoms with van der Waals surface area (Å²) in [6, 6.07) is 13.3. The summed E-state index contributed by atoms with van der Waals surface area (Å²) in [7, 11) is 3.25. The second kappa shape index (κ2) is 6.53. The molecule has 0 spiro atoms. The highest BCUT2D eigenvalue weighted by Crippen LogP contribution is 2.39. The molecule has 3 N–H and O–H groups in total.